The van der Waals surface area contributed by atoms with Crippen LogP contribution in [0.3, 0.4) is 0 Å². The Morgan fingerprint density at radius 3 is 2.93 bits per heavy atom. The van der Waals surface area contributed by atoms with E-state index < -0.39 is 12.2 Å². The van der Waals surface area contributed by atoms with Crippen LogP contribution in [-0.2, 0) is 19.5 Å². The summed E-state index contributed by atoms with van der Waals surface area (Å²) in [6.45, 7) is 1.47. The average Bonchev–Trinajstić information content (AvgIpc) is 2.18. The van der Waals surface area contributed by atoms with Crippen molar-refractivity contribution in [3.05, 3.63) is 0 Å². The molecule has 0 aliphatic carbocycles. The summed E-state index contributed by atoms with van der Waals surface area (Å²) in [4.78, 5) is 15.3. The number of aliphatic hydroxyl groups is 1. The van der Waals surface area contributed by atoms with Crippen LogP contribution in [0.15, 0.2) is 0 Å². The first-order valence-corrected chi connectivity index (χ1v) is 4.63. The minimum absolute atomic E-state index is 0.172. The number of ether oxygens (including phenoxy) is 1. The number of carbonyl (C=O) groups excluding carboxylic acids is 1. The van der Waals surface area contributed by atoms with Gasteiger partial charge in [-0.15, -0.1) is 0 Å². The Morgan fingerprint density at radius 1 is 1.67 bits per heavy atom. The topological polar surface area (TPSA) is 97.3 Å². The molecule has 0 spiro atoms. The van der Waals surface area contributed by atoms with E-state index in [0.29, 0.717) is 13.0 Å². The second-order valence-electron chi connectivity index (χ2n) is 3.40. The number of hydrogen-bond acceptors (Lipinski definition) is 6. The Hall–Kier alpha value is -0.730. The van der Waals surface area contributed by atoms with Gasteiger partial charge in [-0.25, -0.2) is 10.1 Å². The SMILES string of the molecule is CC(=O)NC1COC(CO)[C@@H](OOO)C1. The van der Waals surface area contributed by atoms with Gasteiger partial charge in [-0.2, -0.15) is 0 Å². The second-order valence-corrected chi connectivity index (χ2v) is 3.40. The maximum atomic E-state index is 10.8. The Bertz CT molecular complexity index is 211. The molecule has 1 rings (SSSR count). The highest BCUT2D eigenvalue weighted by molar-refractivity contribution is 5.73. The van der Waals surface area contributed by atoms with Crippen molar-refractivity contribution >= 4 is 5.91 Å². The fraction of sp³-hybridized carbons (Fsp3) is 0.875. The van der Waals surface area contributed by atoms with E-state index in [1.807, 2.05) is 0 Å². The number of aliphatic hydroxyl groups excluding tert-OH is 1. The quantitative estimate of drug-likeness (QED) is 0.419. The summed E-state index contributed by atoms with van der Waals surface area (Å²) < 4.78 is 5.22. The normalized spacial score (nSPS) is 31.3. The van der Waals surface area contributed by atoms with Crippen LogP contribution in [0, 0.1) is 0 Å². The minimum Gasteiger partial charge on any atom is -0.394 e. The molecule has 0 aromatic heterocycles. The minimum atomic E-state index is -0.606. The molecule has 0 saturated carbocycles. The van der Waals surface area contributed by atoms with E-state index in [1.165, 1.54) is 6.92 Å². The molecule has 1 amide bonds. The van der Waals surface area contributed by atoms with E-state index in [1.54, 1.807) is 0 Å². The predicted molar refractivity (Wildman–Crippen MR) is 47.6 cm³/mol. The number of rotatable bonds is 4. The molecule has 0 bridgehead atoms. The summed E-state index contributed by atoms with van der Waals surface area (Å²) in [5, 5.41) is 23.3. The highest BCUT2D eigenvalue weighted by atomic mass is 17.5. The van der Waals surface area contributed by atoms with Crippen molar-refractivity contribution in [2.45, 2.75) is 31.6 Å². The van der Waals surface area contributed by atoms with Gasteiger partial charge in [0, 0.05) is 13.3 Å². The lowest BCUT2D eigenvalue weighted by Crippen LogP contribution is -2.50. The van der Waals surface area contributed by atoms with Gasteiger partial charge in [-0.05, 0) is 0 Å². The van der Waals surface area contributed by atoms with Crippen LogP contribution in [0.25, 0.3) is 0 Å². The molecule has 1 fully saturated rings. The third kappa shape index (κ3) is 3.73. The molecule has 7 heteroatoms. The molecule has 0 aromatic carbocycles. The Labute approximate surface area is 86.8 Å². The van der Waals surface area contributed by atoms with Crippen LogP contribution in [0.4, 0.5) is 0 Å². The fourth-order valence-electron chi connectivity index (χ4n) is 1.56. The molecule has 3 N–H and O–H groups in total. The molecule has 3 atom stereocenters. The molecular weight excluding hydrogens is 206 g/mol. The lowest BCUT2D eigenvalue weighted by molar-refractivity contribution is -0.514. The lowest BCUT2D eigenvalue weighted by Gasteiger charge is -2.33. The van der Waals surface area contributed by atoms with E-state index >= 15 is 0 Å². The summed E-state index contributed by atoms with van der Waals surface area (Å²) in [5.74, 6) is -0.172. The average molecular weight is 221 g/mol. The van der Waals surface area contributed by atoms with E-state index in [0.717, 1.165) is 0 Å². The number of amides is 1. The van der Waals surface area contributed by atoms with Gasteiger partial charge in [0.05, 0.1) is 19.3 Å². The maximum Gasteiger partial charge on any atom is 0.217 e. The van der Waals surface area contributed by atoms with Gasteiger partial charge in [-0.3, -0.25) is 4.79 Å². The standard InChI is InChI=1S/C8H15NO6/c1-5(11)9-6-2-7(14-15-12)8(3-10)13-4-6/h6-8,10,12H,2-4H2,1H3,(H,9,11)/t6?,7-,8?/m0/s1. The smallest absolute Gasteiger partial charge is 0.217 e. The fourth-order valence-corrected chi connectivity index (χ4v) is 1.56. The molecule has 0 radical (unpaired) electrons. The first-order chi connectivity index (χ1) is 7.17. The molecule has 1 aliphatic heterocycles. The molecule has 88 valence electrons. The second kappa shape index (κ2) is 5.99. The highest BCUT2D eigenvalue weighted by Gasteiger charge is 2.33. The molecule has 1 saturated heterocycles. The van der Waals surface area contributed by atoms with Crippen molar-refractivity contribution in [2.75, 3.05) is 13.2 Å². The van der Waals surface area contributed by atoms with E-state index in [9.17, 15) is 4.79 Å². The maximum absolute atomic E-state index is 10.8. The number of hydrogen-bond donors (Lipinski definition) is 3. The van der Waals surface area contributed by atoms with Crippen LogP contribution >= 0.6 is 0 Å². The van der Waals surface area contributed by atoms with Crippen molar-refractivity contribution in [3.8, 4) is 0 Å². The number of nitrogens with one attached hydrogen (secondary N) is 1. The van der Waals surface area contributed by atoms with Gasteiger partial charge in [-0.1, -0.05) is 5.04 Å². The summed E-state index contributed by atoms with van der Waals surface area (Å²) >= 11 is 0. The zero-order valence-electron chi connectivity index (χ0n) is 8.38. The predicted octanol–water partition coefficient (Wildman–Crippen LogP) is -0.938. The Balaban J connectivity index is 2.45. The molecule has 1 heterocycles. The van der Waals surface area contributed by atoms with Crippen molar-refractivity contribution in [1.29, 1.82) is 0 Å². The molecular formula is C8H15NO6. The van der Waals surface area contributed by atoms with E-state index in [-0.39, 0.29) is 18.6 Å². The zero-order chi connectivity index (χ0) is 11.3. The van der Waals surface area contributed by atoms with Crippen LogP contribution in [0.2, 0.25) is 0 Å². The molecule has 1 aliphatic rings. The third-order valence-electron chi connectivity index (χ3n) is 2.20. The van der Waals surface area contributed by atoms with E-state index in [4.69, 9.17) is 15.1 Å². The summed E-state index contributed by atoms with van der Waals surface area (Å²) in [6, 6.07) is -0.203. The van der Waals surface area contributed by atoms with E-state index in [2.05, 4.69) is 15.2 Å². The molecule has 2 unspecified atom stereocenters. The van der Waals surface area contributed by atoms with Crippen LogP contribution in [0.5, 0.6) is 0 Å². The largest absolute Gasteiger partial charge is 0.394 e. The van der Waals surface area contributed by atoms with Gasteiger partial charge < -0.3 is 15.2 Å². The monoisotopic (exact) mass is 221 g/mol. The van der Waals surface area contributed by atoms with Gasteiger partial charge in [0.15, 0.2) is 0 Å². The van der Waals surface area contributed by atoms with Crippen LogP contribution < -0.4 is 5.32 Å². The highest BCUT2D eigenvalue weighted by Crippen LogP contribution is 2.17. The molecule has 0 aromatic rings. The van der Waals surface area contributed by atoms with Gasteiger partial charge in [0.1, 0.15) is 12.2 Å². The number of carbonyl (C=O) groups is 1. The van der Waals surface area contributed by atoms with Crippen LogP contribution in [0.1, 0.15) is 13.3 Å². The summed E-state index contributed by atoms with van der Waals surface area (Å²) in [6.07, 6.45) is -0.751. The Morgan fingerprint density at radius 2 is 2.40 bits per heavy atom. The summed E-state index contributed by atoms with van der Waals surface area (Å²) in [7, 11) is 0. The van der Waals surface area contributed by atoms with Gasteiger partial charge >= 0.3 is 0 Å². The van der Waals surface area contributed by atoms with Gasteiger partial charge in [0.2, 0.25) is 5.91 Å². The first-order valence-electron chi connectivity index (χ1n) is 4.63. The lowest BCUT2D eigenvalue weighted by atomic mass is 10.0. The third-order valence-corrected chi connectivity index (χ3v) is 2.20. The van der Waals surface area contributed by atoms with Crippen LogP contribution in [-0.4, -0.2) is 47.7 Å². The van der Waals surface area contributed by atoms with Crippen molar-refractivity contribution in [3.63, 3.8) is 0 Å². The molecule has 7 nitrogen and oxygen atoms in total. The van der Waals surface area contributed by atoms with Crippen molar-refractivity contribution < 1.29 is 29.8 Å². The van der Waals surface area contributed by atoms with Gasteiger partial charge in [0.25, 0.3) is 0 Å². The molecule has 15 heavy (non-hydrogen) atoms. The Kier molecular flexibility index (Phi) is 4.92. The van der Waals surface area contributed by atoms with Crippen molar-refractivity contribution in [1.82, 2.24) is 5.32 Å². The summed E-state index contributed by atoms with van der Waals surface area (Å²) in [5.41, 5.74) is 0. The van der Waals surface area contributed by atoms with Crippen molar-refractivity contribution in [2.24, 2.45) is 0 Å². The zero-order valence-corrected chi connectivity index (χ0v) is 8.38. The first kappa shape index (κ1) is 12.3.